The first-order valence-electron chi connectivity index (χ1n) is 6.79. The Morgan fingerprint density at radius 1 is 1.24 bits per heavy atom. The Bertz CT molecular complexity index is 351. The third-order valence-electron chi connectivity index (χ3n) is 3.64. The molecule has 1 saturated carbocycles. The summed E-state index contributed by atoms with van der Waals surface area (Å²) in [5, 5.41) is 3.76. The number of thioether (sulfide) groups is 1. The van der Waals surface area contributed by atoms with Crippen molar-refractivity contribution in [1.82, 2.24) is 0 Å². The van der Waals surface area contributed by atoms with Crippen LogP contribution in [-0.4, -0.2) is 11.8 Å². The second kappa shape index (κ2) is 6.34. The molecule has 2 atom stereocenters. The zero-order valence-corrected chi connectivity index (χ0v) is 11.7. The van der Waals surface area contributed by atoms with E-state index in [0.29, 0.717) is 6.04 Å². The zero-order valence-electron chi connectivity index (χ0n) is 10.9. The van der Waals surface area contributed by atoms with Crippen LogP contribution < -0.4 is 5.32 Å². The van der Waals surface area contributed by atoms with Crippen LogP contribution in [0.1, 0.15) is 39.5 Å². The van der Waals surface area contributed by atoms with Crippen molar-refractivity contribution in [2.24, 2.45) is 5.92 Å². The molecule has 0 amide bonds. The summed E-state index contributed by atoms with van der Waals surface area (Å²) in [4.78, 5) is 1.40. The van der Waals surface area contributed by atoms with E-state index in [4.69, 9.17) is 0 Å². The lowest BCUT2D eigenvalue weighted by molar-refractivity contribution is 0.349. The van der Waals surface area contributed by atoms with Crippen LogP contribution in [0, 0.1) is 5.92 Å². The molecule has 0 radical (unpaired) electrons. The van der Waals surface area contributed by atoms with E-state index in [0.717, 1.165) is 11.7 Å². The highest BCUT2D eigenvalue weighted by molar-refractivity contribution is 7.99. The maximum atomic E-state index is 3.76. The fourth-order valence-corrected chi connectivity index (χ4v) is 3.37. The van der Waals surface area contributed by atoms with Gasteiger partial charge < -0.3 is 5.32 Å². The second-order valence-electron chi connectivity index (χ2n) is 4.94. The van der Waals surface area contributed by atoms with Gasteiger partial charge in [-0.25, -0.2) is 0 Å². The van der Waals surface area contributed by atoms with Crippen molar-refractivity contribution in [3.05, 3.63) is 24.3 Å². The van der Waals surface area contributed by atoms with Crippen molar-refractivity contribution in [3.8, 4) is 0 Å². The summed E-state index contributed by atoms with van der Waals surface area (Å²) >= 11 is 1.93. The highest BCUT2D eigenvalue weighted by atomic mass is 32.2. The Balaban J connectivity index is 2.06. The number of hydrogen-bond donors (Lipinski definition) is 1. The number of rotatable bonds is 4. The molecule has 0 aromatic heterocycles. The first kappa shape index (κ1) is 12.8. The smallest absolute Gasteiger partial charge is 0.0480 e. The SMILES string of the molecule is CCSc1ccccc1NC1CCCCC1C. The molecule has 0 bridgehead atoms. The molecule has 0 spiro atoms. The molecule has 0 aliphatic heterocycles. The molecular weight excluding hydrogens is 226 g/mol. The molecule has 17 heavy (non-hydrogen) atoms. The molecule has 94 valence electrons. The number of nitrogens with one attached hydrogen (secondary N) is 1. The molecule has 1 nitrogen and oxygen atoms in total. The third-order valence-corrected chi connectivity index (χ3v) is 4.59. The van der Waals surface area contributed by atoms with Gasteiger partial charge in [0.25, 0.3) is 0 Å². The second-order valence-corrected chi connectivity index (χ2v) is 6.25. The van der Waals surface area contributed by atoms with Gasteiger partial charge in [0.15, 0.2) is 0 Å². The van der Waals surface area contributed by atoms with Gasteiger partial charge >= 0.3 is 0 Å². The Morgan fingerprint density at radius 3 is 2.76 bits per heavy atom. The zero-order chi connectivity index (χ0) is 12.1. The Morgan fingerprint density at radius 2 is 2.00 bits per heavy atom. The molecule has 1 aliphatic carbocycles. The van der Waals surface area contributed by atoms with Crippen LogP contribution in [0.25, 0.3) is 0 Å². The monoisotopic (exact) mass is 249 g/mol. The molecule has 1 fully saturated rings. The van der Waals surface area contributed by atoms with Gasteiger partial charge in [-0.3, -0.25) is 0 Å². The molecule has 2 heteroatoms. The lowest BCUT2D eigenvalue weighted by Gasteiger charge is -2.31. The van der Waals surface area contributed by atoms with Crippen LogP contribution in [0.5, 0.6) is 0 Å². The lowest BCUT2D eigenvalue weighted by atomic mass is 9.86. The molecule has 2 unspecified atom stereocenters. The van der Waals surface area contributed by atoms with Crippen molar-refractivity contribution in [3.63, 3.8) is 0 Å². The van der Waals surface area contributed by atoms with Crippen LogP contribution in [0.15, 0.2) is 29.2 Å². The van der Waals surface area contributed by atoms with Crippen LogP contribution in [0.3, 0.4) is 0 Å². The van der Waals surface area contributed by atoms with E-state index in [-0.39, 0.29) is 0 Å². The van der Waals surface area contributed by atoms with E-state index in [1.165, 1.54) is 36.3 Å². The van der Waals surface area contributed by atoms with Gasteiger partial charge in [0.05, 0.1) is 0 Å². The number of hydrogen-bond acceptors (Lipinski definition) is 2. The summed E-state index contributed by atoms with van der Waals surface area (Å²) in [6.07, 6.45) is 5.49. The first-order chi connectivity index (χ1) is 8.31. The Kier molecular flexibility index (Phi) is 4.78. The predicted octanol–water partition coefficient (Wildman–Crippen LogP) is 4.79. The minimum absolute atomic E-state index is 0.669. The maximum absolute atomic E-state index is 3.76. The quantitative estimate of drug-likeness (QED) is 0.770. The van der Waals surface area contributed by atoms with Gasteiger partial charge in [-0.2, -0.15) is 0 Å². The van der Waals surface area contributed by atoms with Crippen molar-refractivity contribution in [2.45, 2.75) is 50.5 Å². The Hall–Kier alpha value is -0.630. The van der Waals surface area contributed by atoms with Crippen LogP contribution in [0.2, 0.25) is 0 Å². The summed E-state index contributed by atoms with van der Waals surface area (Å²) in [7, 11) is 0. The third kappa shape index (κ3) is 3.41. The molecule has 1 aromatic carbocycles. The summed E-state index contributed by atoms with van der Waals surface area (Å²) in [5.41, 5.74) is 1.33. The topological polar surface area (TPSA) is 12.0 Å². The van der Waals surface area contributed by atoms with E-state index in [9.17, 15) is 0 Å². The van der Waals surface area contributed by atoms with E-state index in [1.54, 1.807) is 0 Å². The van der Waals surface area contributed by atoms with Crippen LogP contribution >= 0.6 is 11.8 Å². The average molecular weight is 249 g/mol. The molecule has 1 aromatic rings. The van der Waals surface area contributed by atoms with Gasteiger partial charge in [0.1, 0.15) is 0 Å². The van der Waals surface area contributed by atoms with Crippen molar-refractivity contribution < 1.29 is 0 Å². The maximum Gasteiger partial charge on any atom is 0.0480 e. The first-order valence-corrected chi connectivity index (χ1v) is 7.78. The van der Waals surface area contributed by atoms with E-state index in [1.807, 2.05) is 11.8 Å². The summed E-state index contributed by atoms with van der Waals surface area (Å²) in [5.74, 6) is 1.95. The standard InChI is InChI=1S/C15H23NS/c1-3-17-15-11-7-6-10-14(15)16-13-9-5-4-8-12(13)2/h6-7,10-13,16H,3-5,8-9H2,1-2H3. The van der Waals surface area contributed by atoms with Crippen LogP contribution in [0.4, 0.5) is 5.69 Å². The molecule has 1 aliphatic rings. The normalized spacial score (nSPS) is 24.6. The van der Waals surface area contributed by atoms with Gasteiger partial charge in [-0.05, 0) is 36.6 Å². The molecule has 0 saturated heterocycles. The molecule has 1 N–H and O–H groups in total. The number of anilines is 1. The highest BCUT2D eigenvalue weighted by Crippen LogP contribution is 2.31. The fraction of sp³-hybridized carbons (Fsp3) is 0.600. The summed E-state index contributed by atoms with van der Waals surface area (Å²) in [6.45, 7) is 4.59. The summed E-state index contributed by atoms with van der Waals surface area (Å²) in [6, 6.07) is 9.38. The lowest BCUT2D eigenvalue weighted by Crippen LogP contribution is -2.30. The van der Waals surface area contributed by atoms with Crippen LogP contribution in [-0.2, 0) is 0 Å². The van der Waals surface area contributed by atoms with Crippen molar-refractivity contribution in [1.29, 1.82) is 0 Å². The van der Waals surface area contributed by atoms with Gasteiger partial charge in [-0.1, -0.05) is 38.8 Å². The summed E-state index contributed by atoms with van der Waals surface area (Å²) < 4.78 is 0. The van der Waals surface area contributed by atoms with Crippen molar-refractivity contribution >= 4 is 17.4 Å². The fourth-order valence-electron chi connectivity index (χ4n) is 2.60. The van der Waals surface area contributed by atoms with Gasteiger partial charge in [0.2, 0.25) is 0 Å². The molecular formula is C15H23NS. The van der Waals surface area contributed by atoms with Gasteiger partial charge in [0, 0.05) is 16.6 Å². The molecule has 2 rings (SSSR count). The number of benzene rings is 1. The average Bonchev–Trinajstić information content (AvgIpc) is 2.35. The largest absolute Gasteiger partial charge is 0.381 e. The van der Waals surface area contributed by atoms with Crippen molar-refractivity contribution in [2.75, 3.05) is 11.1 Å². The van der Waals surface area contributed by atoms with E-state index < -0.39 is 0 Å². The minimum Gasteiger partial charge on any atom is -0.381 e. The van der Waals surface area contributed by atoms with E-state index >= 15 is 0 Å². The Labute approximate surface area is 109 Å². The highest BCUT2D eigenvalue weighted by Gasteiger charge is 2.21. The minimum atomic E-state index is 0.669. The predicted molar refractivity (Wildman–Crippen MR) is 77.9 cm³/mol. The molecule has 0 heterocycles. The van der Waals surface area contributed by atoms with E-state index in [2.05, 4.69) is 43.4 Å². The number of para-hydroxylation sites is 1. The van der Waals surface area contributed by atoms with Gasteiger partial charge in [-0.15, -0.1) is 11.8 Å².